The number of benzene rings is 2. The molecule has 0 aliphatic rings. The van der Waals surface area contributed by atoms with Crippen LogP contribution >= 0.6 is 0 Å². The summed E-state index contributed by atoms with van der Waals surface area (Å²) in [5.41, 5.74) is 2.77. The first kappa shape index (κ1) is 14.3. The highest BCUT2D eigenvalue weighted by Gasteiger charge is 2.15. The van der Waals surface area contributed by atoms with E-state index in [0.717, 1.165) is 11.1 Å². The lowest BCUT2D eigenvalue weighted by molar-refractivity contribution is 0.0708. The van der Waals surface area contributed by atoms with E-state index in [-0.39, 0.29) is 12.5 Å². The average molecular weight is 269 g/mol. The molecule has 0 bridgehead atoms. The highest BCUT2D eigenvalue weighted by Crippen LogP contribution is 2.11. The van der Waals surface area contributed by atoms with E-state index in [0.29, 0.717) is 18.7 Å². The van der Waals surface area contributed by atoms with Gasteiger partial charge in [0.2, 0.25) is 0 Å². The largest absolute Gasteiger partial charge is 0.395 e. The lowest BCUT2D eigenvalue weighted by Gasteiger charge is -2.22. The molecule has 3 heteroatoms. The SMILES string of the molecule is Cc1cccc(C(=O)N(CCO)Cc2ccccc2)c1. The van der Waals surface area contributed by atoms with E-state index in [1.807, 2.05) is 61.5 Å². The summed E-state index contributed by atoms with van der Waals surface area (Å²) in [4.78, 5) is 14.2. The van der Waals surface area contributed by atoms with Gasteiger partial charge in [-0.3, -0.25) is 4.79 Å². The van der Waals surface area contributed by atoms with E-state index in [4.69, 9.17) is 0 Å². The van der Waals surface area contributed by atoms with Crippen molar-refractivity contribution in [2.24, 2.45) is 0 Å². The van der Waals surface area contributed by atoms with Crippen molar-refractivity contribution in [1.82, 2.24) is 4.90 Å². The lowest BCUT2D eigenvalue weighted by Crippen LogP contribution is -2.33. The molecule has 0 aliphatic heterocycles. The van der Waals surface area contributed by atoms with Crippen molar-refractivity contribution in [3.8, 4) is 0 Å². The predicted octanol–water partition coefficient (Wildman–Crippen LogP) is 2.63. The van der Waals surface area contributed by atoms with Crippen molar-refractivity contribution >= 4 is 5.91 Å². The molecule has 0 radical (unpaired) electrons. The zero-order valence-electron chi connectivity index (χ0n) is 11.6. The van der Waals surface area contributed by atoms with Crippen molar-refractivity contribution in [3.05, 3.63) is 71.3 Å². The number of aliphatic hydroxyl groups excluding tert-OH is 1. The minimum atomic E-state index is -0.0494. The molecule has 0 aromatic heterocycles. The Morgan fingerprint density at radius 3 is 2.50 bits per heavy atom. The van der Waals surface area contributed by atoms with Crippen LogP contribution in [0.4, 0.5) is 0 Å². The molecule has 0 saturated carbocycles. The molecule has 0 heterocycles. The molecule has 0 aliphatic carbocycles. The molecule has 2 aromatic rings. The summed E-state index contributed by atoms with van der Waals surface area (Å²) in [6.07, 6.45) is 0. The molecular weight excluding hydrogens is 250 g/mol. The Morgan fingerprint density at radius 2 is 1.85 bits per heavy atom. The molecule has 0 spiro atoms. The summed E-state index contributed by atoms with van der Waals surface area (Å²) < 4.78 is 0. The molecule has 0 atom stereocenters. The Labute approximate surface area is 119 Å². The molecule has 104 valence electrons. The molecule has 20 heavy (non-hydrogen) atoms. The van der Waals surface area contributed by atoms with Crippen LogP contribution in [-0.4, -0.2) is 29.1 Å². The first-order chi connectivity index (χ1) is 9.70. The van der Waals surface area contributed by atoms with Crippen LogP contribution in [0, 0.1) is 6.92 Å². The Hall–Kier alpha value is -2.13. The number of hydrogen-bond acceptors (Lipinski definition) is 2. The molecule has 0 unspecified atom stereocenters. The van der Waals surface area contributed by atoms with Crippen LogP contribution in [0.3, 0.4) is 0 Å². The van der Waals surface area contributed by atoms with Crippen LogP contribution in [0.25, 0.3) is 0 Å². The minimum absolute atomic E-state index is 0.0373. The van der Waals surface area contributed by atoms with E-state index in [9.17, 15) is 9.90 Å². The van der Waals surface area contributed by atoms with Gasteiger partial charge < -0.3 is 10.0 Å². The van der Waals surface area contributed by atoms with Crippen LogP contribution < -0.4 is 0 Å². The number of aryl methyl sites for hydroxylation is 1. The Kier molecular flexibility index (Phi) is 4.91. The molecule has 2 aromatic carbocycles. The third-order valence-electron chi connectivity index (χ3n) is 3.14. The van der Waals surface area contributed by atoms with Gasteiger partial charge in [-0.1, -0.05) is 48.0 Å². The van der Waals surface area contributed by atoms with Crippen LogP contribution in [0.15, 0.2) is 54.6 Å². The fourth-order valence-electron chi connectivity index (χ4n) is 2.14. The van der Waals surface area contributed by atoms with Gasteiger partial charge in [-0.15, -0.1) is 0 Å². The first-order valence-corrected chi connectivity index (χ1v) is 6.71. The van der Waals surface area contributed by atoms with E-state index in [2.05, 4.69) is 0 Å². The van der Waals surface area contributed by atoms with E-state index in [1.165, 1.54) is 0 Å². The Balaban J connectivity index is 2.18. The van der Waals surface area contributed by atoms with Crippen molar-refractivity contribution in [2.75, 3.05) is 13.2 Å². The van der Waals surface area contributed by atoms with Gasteiger partial charge in [0, 0.05) is 18.7 Å². The van der Waals surface area contributed by atoms with Gasteiger partial charge in [0.1, 0.15) is 0 Å². The summed E-state index contributed by atoms with van der Waals surface area (Å²) in [6, 6.07) is 17.3. The summed E-state index contributed by atoms with van der Waals surface area (Å²) in [5.74, 6) is -0.0494. The van der Waals surface area contributed by atoms with E-state index >= 15 is 0 Å². The molecule has 0 saturated heterocycles. The van der Waals surface area contributed by atoms with Crippen LogP contribution in [0.2, 0.25) is 0 Å². The number of carbonyl (C=O) groups excluding carboxylic acids is 1. The number of rotatable bonds is 5. The number of carbonyl (C=O) groups is 1. The lowest BCUT2D eigenvalue weighted by atomic mass is 10.1. The van der Waals surface area contributed by atoms with Gasteiger partial charge in [0.05, 0.1) is 6.61 Å². The summed E-state index contributed by atoms with van der Waals surface area (Å²) in [6.45, 7) is 2.77. The third-order valence-corrected chi connectivity index (χ3v) is 3.14. The van der Waals surface area contributed by atoms with Crippen molar-refractivity contribution in [2.45, 2.75) is 13.5 Å². The van der Waals surface area contributed by atoms with E-state index in [1.54, 1.807) is 4.90 Å². The fourth-order valence-corrected chi connectivity index (χ4v) is 2.14. The van der Waals surface area contributed by atoms with Crippen molar-refractivity contribution < 1.29 is 9.90 Å². The topological polar surface area (TPSA) is 40.5 Å². The van der Waals surface area contributed by atoms with Crippen LogP contribution in [0.5, 0.6) is 0 Å². The second-order valence-electron chi connectivity index (χ2n) is 4.81. The summed E-state index contributed by atoms with van der Waals surface area (Å²) in [7, 11) is 0. The predicted molar refractivity (Wildman–Crippen MR) is 79.4 cm³/mol. The molecular formula is C17H19NO2. The first-order valence-electron chi connectivity index (χ1n) is 6.71. The number of amides is 1. The molecule has 2 rings (SSSR count). The van der Waals surface area contributed by atoms with Crippen molar-refractivity contribution in [3.63, 3.8) is 0 Å². The van der Waals surface area contributed by atoms with Gasteiger partial charge in [0.15, 0.2) is 0 Å². The summed E-state index contributed by atoms with van der Waals surface area (Å²) >= 11 is 0. The number of aliphatic hydroxyl groups is 1. The zero-order chi connectivity index (χ0) is 14.4. The minimum Gasteiger partial charge on any atom is -0.395 e. The van der Waals surface area contributed by atoms with Crippen LogP contribution in [0.1, 0.15) is 21.5 Å². The summed E-state index contributed by atoms with van der Waals surface area (Å²) in [5, 5.41) is 9.17. The third kappa shape index (κ3) is 3.68. The second-order valence-corrected chi connectivity index (χ2v) is 4.81. The normalized spacial score (nSPS) is 10.3. The monoisotopic (exact) mass is 269 g/mol. The maximum Gasteiger partial charge on any atom is 0.254 e. The number of hydrogen-bond donors (Lipinski definition) is 1. The van der Waals surface area contributed by atoms with E-state index < -0.39 is 0 Å². The van der Waals surface area contributed by atoms with Gasteiger partial charge in [-0.25, -0.2) is 0 Å². The molecule has 0 fully saturated rings. The highest BCUT2D eigenvalue weighted by molar-refractivity contribution is 5.94. The smallest absolute Gasteiger partial charge is 0.254 e. The molecule has 1 N–H and O–H groups in total. The van der Waals surface area contributed by atoms with Gasteiger partial charge in [-0.05, 0) is 24.6 Å². The molecule has 1 amide bonds. The maximum atomic E-state index is 12.5. The number of nitrogens with zero attached hydrogens (tertiary/aromatic N) is 1. The second kappa shape index (κ2) is 6.87. The standard InChI is InChI=1S/C17H19NO2/c1-14-6-5-9-16(12-14)17(20)18(10-11-19)13-15-7-3-2-4-8-15/h2-9,12,19H,10-11,13H2,1H3. The molecule has 3 nitrogen and oxygen atoms in total. The fraction of sp³-hybridized carbons (Fsp3) is 0.235. The maximum absolute atomic E-state index is 12.5. The van der Waals surface area contributed by atoms with Gasteiger partial charge in [-0.2, -0.15) is 0 Å². The van der Waals surface area contributed by atoms with Crippen LogP contribution in [-0.2, 0) is 6.54 Å². The Morgan fingerprint density at radius 1 is 1.10 bits per heavy atom. The zero-order valence-corrected chi connectivity index (χ0v) is 11.6. The van der Waals surface area contributed by atoms with Crippen molar-refractivity contribution in [1.29, 1.82) is 0 Å². The Bertz CT molecular complexity index is 566. The van der Waals surface area contributed by atoms with Gasteiger partial charge in [0.25, 0.3) is 5.91 Å². The van der Waals surface area contributed by atoms with Gasteiger partial charge >= 0.3 is 0 Å². The quantitative estimate of drug-likeness (QED) is 0.906. The highest BCUT2D eigenvalue weighted by atomic mass is 16.3. The average Bonchev–Trinajstić information content (AvgIpc) is 2.47.